The summed E-state index contributed by atoms with van der Waals surface area (Å²) in [5, 5.41) is 13.3. The second-order valence-electron chi connectivity index (χ2n) is 7.84. The van der Waals surface area contributed by atoms with Gasteiger partial charge in [-0.3, -0.25) is 4.79 Å². The molecule has 0 saturated carbocycles. The van der Waals surface area contributed by atoms with Crippen molar-refractivity contribution in [1.29, 1.82) is 0 Å². The Morgan fingerprint density at radius 1 is 1.21 bits per heavy atom. The lowest BCUT2D eigenvalue weighted by atomic mass is 10.1. The van der Waals surface area contributed by atoms with Crippen LogP contribution < -0.4 is 19.5 Å². The van der Waals surface area contributed by atoms with Gasteiger partial charge in [0, 0.05) is 54.3 Å². The lowest BCUT2D eigenvalue weighted by molar-refractivity contribution is -0.118. The minimum Gasteiger partial charge on any atom is -0.496 e. The molecule has 9 nitrogen and oxygen atoms in total. The summed E-state index contributed by atoms with van der Waals surface area (Å²) >= 11 is 1.34. The third-order valence-corrected chi connectivity index (χ3v) is 6.64. The van der Waals surface area contributed by atoms with E-state index >= 15 is 0 Å². The maximum atomic E-state index is 12.6. The van der Waals surface area contributed by atoms with Crippen molar-refractivity contribution in [2.75, 3.05) is 26.1 Å². The predicted molar refractivity (Wildman–Crippen MR) is 129 cm³/mol. The van der Waals surface area contributed by atoms with Gasteiger partial charge in [0.25, 0.3) is 0 Å². The second kappa shape index (κ2) is 9.68. The number of fused-ring (bicyclic) bond motifs is 2. The fourth-order valence-corrected chi connectivity index (χ4v) is 4.61. The molecule has 34 heavy (non-hydrogen) atoms. The van der Waals surface area contributed by atoms with Crippen molar-refractivity contribution in [3.63, 3.8) is 0 Å². The molecule has 1 amide bonds. The summed E-state index contributed by atoms with van der Waals surface area (Å²) in [4.78, 5) is 15.8. The fourth-order valence-electron chi connectivity index (χ4n) is 3.87. The number of rotatable bonds is 7. The van der Waals surface area contributed by atoms with Crippen LogP contribution in [0.4, 0.5) is 0 Å². The molecule has 2 N–H and O–H groups in total. The average molecular weight is 480 g/mol. The topological polar surface area (TPSA) is 103 Å². The molecule has 0 fully saturated rings. The van der Waals surface area contributed by atoms with Crippen LogP contribution in [0.3, 0.4) is 0 Å². The van der Waals surface area contributed by atoms with Gasteiger partial charge < -0.3 is 29.1 Å². The molecule has 0 unspecified atom stereocenters. The largest absolute Gasteiger partial charge is 0.496 e. The monoisotopic (exact) mass is 479 g/mol. The van der Waals surface area contributed by atoms with Gasteiger partial charge in [0.15, 0.2) is 22.5 Å². The summed E-state index contributed by atoms with van der Waals surface area (Å²) in [5.74, 6) is 2.82. The van der Waals surface area contributed by atoms with Crippen molar-refractivity contribution in [3.05, 3.63) is 48.2 Å². The number of aromatic nitrogens is 4. The molecule has 3 heterocycles. The van der Waals surface area contributed by atoms with Gasteiger partial charge in [0.2, 0.25) is 5.91 Å². The lowest BCUT2D eigenvalue weighted by Crippen LogP contribution is -2.25. The number of carbonyl (C=O) groups is 1. The van der Waals surface area contributed by atoms with E-state index in [1.54, 1.807) is 7.11 Å². The van der Waals surface area contributed by atoms with Crippen molar-refractivity contribution in [2.45, 2.75) is 18.1 Å². The minimum atomic E-state index is -0.115. The van der Waals surface area contributed by atoms with Crippen molar-refractivity contribution >= 4 is 28.6 Å². The van der Waals surface area contributed by atoms with Crippen LogP contribution in [0.5, 0.6) is 17.2 Å². The fraction of sp³-hybridized carbons (Fsp3) is 0.292. The van der Waals surface area contributed by atoms with Crippen LogP contribution in [-0.2, 0) is 18.4 Å². The summed E-state index contributed by atoms with van der Waals surface area (Å²) < 4.78 is 18.9. The number of hydrogen-bond acceptors (Lipinski definition) is 7. The maximum absolute atomic E-state index is 12.6. The van der Waals surface area contributed by atoms with Crippen molar-refractivity contribution in [2.24, 2.45) is 7.05 Å². The second-order valence-corrected chi connectivity index (χ2v) is 8.78. The van der Waals surface area contributed by atoms with E-state index in [2.05, 4.69) is 20.5 Å². The van der Waals surface area contributed by atoms with E-state index in [0.717, 1.165) is 34.3 Å². The zero-order valence-corrected chi connectivity index (χ0v) is 19.8. The zero-order chi connectivity index (χ0) is 23.5. The van der Waals surface area contributed by atoms with E-state index in [4.69, 9.17) is 14.2 Å². The molecule has 1 aliphatic heterocycles. The summed E-state index contributed by atoms with van der Waals surface area (Å²) in [6.45, 7) is 1.52. The molecular formula is C24H25N5O4S. The Balaban J connectivity index is 1.22. The number of nitrogens with one attached hydrogen (secondary N) is 2. The molecule has 0 bridgehead atoms. The Kier molecular flexibility index (Phi) is 6.31. The number of methoxy groups -OCH3 is 1. The molecule has 176 valence electrons. The van der Waals surface area contributed by atoms with Crippen LogP contribution in [-0.4, -0.2) is 51.7 Å². The van der Waals surface area contributed by atoms with Crippen LogP contribution in [0.25, 0.3) is 22.3 Å². The van der Waals surface area contributed by atoms with Crippen LogP contribution in [0.15, 0.2) is 47.8 Å². The number of hydrogen-bond donors (Lipinski definition) is 2. The summed E-state index contributed by atoms with van der Waals surface area (Å²) in [6, 6.07) is 11.7. The Bertz CT molecular complexity index is 1330. The van der Waals surface area contributed by atoms with Gasteiger partial charge in [-0.05, 0) is 12.1 Å². The molecule has 5 rings (SSSR count). The number of amides is 1. The van der Waals surface area contributed by atoms with Crippen LogP contribution >= 0.6 is 11.8 Å². The molecule has 0 radical (unpaired) electrons. The smallest absolute Gasteiger partial charge is 0.230 e. The first-order valence-corrected chi connectivity index (χ1v) is 11.9. The van der Waals surface area contributed by atoms with Crippen molar-refractivity contribution < 1.29 is 19.0 Å². The number of ether oxygens (including phenoxy) is 3. The Labute approximate surface area is 200 Å². The van der Waals surface area contributed by atoms with E-state index in [9.17, 15) is 4.79 Å². The highest BCUT2D eigenvalue weighted by atomic mass is 32.2. The first-order valence-electron chi connectivity index (χ1n) is 11.0. The first kappa shape index (κ1) is 22.1. The number of H-pyrrole nitrogens is 1. The van der Waals surface area contributed by atoms with Gasteiger partial charge in [-0.1, -0.05) is 30.0 Å². The van der Waals surface area contributed by atoms with Gasteiger partial charge >= 0.3 is 0 Å². The molecule has 0 spiro atoms. The standard InChI is InChI=1S/C24H25N5O4S/c1-29-23(17-13-25-18-7-4-3-6-16(17)18)27-28-24(29)34-14-22(30)26-12-15-10-20-21(11-19(15)31-2)33-9-5-8-32-20/h3-4,6-7,10-11,13,25H,5,8-9,12,14H2,1-2H3,(H,26,30). The molecule has 0 aliphatic carbocycles. The van der Waals surface area contributed by atoms with Crippen molar-refractivity contribution in [3.8, 4) is 28.6 Å². The van der Waals surface area contributed by atoms with Crippen molar-refractivity contribution in [1.82, 2.24) is 25.1 Å². The molecule has 0 atom stereocenters. The van der Waals surface area contributed by atoms with E-state index < -0.39 is 0 Å². The SMILES string of the molecule is COc1cc2c(cc1CNC(=O)CSc1nnc(-c3c[nH]c4ccccc34)n1C)OCCCO2. The van der Waals surface area contributed by atoms with E-state index in [-0.39, 0.29) is 11.7 Å². The number of carbonyl (C=O) groups excluding carboxylic acids is 1. The molecule has 4 aromatic rings. The number of nitrogens with zero attached hydrogens (tertiary/aromatic N) is 3. The number of aromatic amines is 1. The number of para-hydroxylation sites is 1. The highest BCUT2D eigenvalue weighted by Gasteiger charge is 2.18. The highest BCUT2D eigenvalue weighted by molar-refractivity contribution is 7.99. The Hall–Kier alpha value is -3.66. The first-order chi connectivity index (χ1) is 16.6. The minimum absolute atomic E-state index is 0.115. The maximum Gasteiger partial charge on any atom is 0.230 e. The third-order valence-electron chi connectivity index (χ3n) is 5.62. The molecule has 10 heteroatoms. The van der Waals surface area contributed by atoms with Gasteiger partial charge in [-0.25, -0.2) is 0 Å². The van der Waals surface area contributed by atoms with Crippen LogP contribution in [0.1, 0.15) is 12.0 Å². The quantitative estimate of drug-likeness (QED) is 0.391. The zero-order valence-electron chi connectivity index (χ0n) is 19.0. The molecule has 0 saturated heterocycles. The third kappa shape index (κ3) is 4.41. The number of thioether (sulfide) groups is 1. The van der Waals surface area contributed by atoms with Crippen LogP contribution in [0, 0.1) is 0 Å². The summed E-state index contributed by atoms with van der Waals surface area (Å²) in [7, 11) is 3.50. The van der Waals surface area contributed by atoms with E-state index in [1.807, 2.05) is 54.2 Å². The van der Waals surface area contributed by atoms with Gasteiger partial charge in [-0.15, -0.1) is 10.2 Å². The van der Waals surface area contributed by atoms with E-state index in [1.165, 1.54) is 11.8 Å². The molecule has 2 aromatic carbocycles. The Morgan fingerprint density at radius 2 is 2.00 bits per heavy atom. The average Bonchev–Trinajstić information content (AvgIpc) is 3.35. The van der Waals surface area contributed by atoms with Gasteiger partial charge in [0.1, 0.15) is 5.75 Å². The molecular weight excluding hydrogens is 454 g/mol. The van der Waals surface area contributed by atoms with E-state index in [0.29, 0.717) is 42.2 Å². The summed E-state index contributed by atoms with van der Waals surface area (Å²) in [6.07, 6.45) is 2.75. The highest BCUT2D eigenvalue weighted by Crippen LogP contribution is 2.36. The lowest BCUT2D eigenvalue weighted by Gasteiger charge is -2.14. The molecule has 2 aromatic heterocycles. The summed E-state index contributed by atoms with van der Waals surface area (Å²) in [5.41, 5.74) is 2.84. The Morgan fingerprint density at radius 3 is 2.82 bits per heavy atom. The normalized spacial score (nSPS) is 13.0. The number of benzene rings is 2. The molecule has 1 aliphatic rings. The van der Waals surface area contributed by atoms with Crippen LogP contribution in [0.2, 0.25) is 0 Å². The predicted octanol–water partition coefficient (Wildman–Crippen LogP) is 3.54. The van der Waals surface area contributed by atoms with Gasteiger partial charge in [-0.2, -0.15) is 0 Å². The van der Waals surface area contributed by atoms with Gasteiger partial charge in [0.05, 0.1) is 26.1 Å².